The molecule has 6 N–H and O–H groups in total. The molecule has 0 saturated heterocycles. The number of methoxy groups -OCH3 is 6. The molecule has 1 aliphatic heterocycles. The number of aromatic nitrogens is 12. The Hall–Kier alpha value is -9.11. The number of nitrogens with one attached hydrogen (secondary N) is 5. The van der Waals surface area contributed by atoms with Crippen molar-refractivity contribution in [2.24, 2.45) is 0 Å². The molecule has 1 atom stereocenters. The number of halogens is 4. The number of imidazole rings is 3. The van der Waals surface area contributed by atoms with E-state index in [0.717, 1.165) is 83.3 Å². The number of benzene rings is 6. The van der Waals surface area contributed by atoms with E-state index in [0.29, 0.717) is 108 Å². The molecule has 1 aliphatic rings. The van der Waals surface area contributed by atoms with E-state index in [1.165, 1.54) is 19.5 Å². The average Bonchev–Trinajstić information content (AvgIpc) is 1.45. The number of aromatic hydroxyl groups is 1. The summed E-state index contributed by atoms with van der Waals surface area (Å²) in [5, 5.41) is 43.9. The smallest absolute Gasteiger partial charge is 1.00 e. The molecule has 0 bridgehead atoms. The monoisotopic (exact) mass is 2130 g/mol. The molecule has 128 heavy (non-hydrogen) atoms. The molecular weight excluding hydrogens is 2040 g/mol. The molecule has 3 radical (unpaired) electrons. The number of anilines is 9. The number of carbonyl (C=O) groups is 6. The molecule has 7 heterocycles. The van der Waals surface area contributed by atoms with E-state index in [2.05, 4.69) is 97.0 Å². The van der Waals surface area contributed by atoms with Crippen LogP contribution in [-0.2, 0) is 33.8 Å². The minimum atomic E-state index is -1.08. The Morgan fingerprint density at radius 3 is 1.31 bits per heavy atom. The second kappa shape index (κ2) is 57.8. The standard InChI is InChI=1S/C25H25ClN6O4.C25H25ClN6O3.C16H18N6O2.C9H8BrClO2.C4H6O4.C2H4O2.CH2O3.B.2Cs.Na.H/c1-15-12-32(14-29-15)20-8-5-16(9-22(20)35-4)30-25-28-11-23(24(27-2)31-25)36-13-21(33)18-10-17(34-3)6-7-19(18)26;1-15-12-32(14-28-15)20-8-5-16(9-22(20)34-4)29-25-27-11-23-24(30-25)31(2)21(13-35-23)18-10-17(33-3)6-7-19(18)26;1-10-8-22(9-19-10)12-5-4-11(6-14(12)24-3)20-16-18-7-13(23)15(17-2)21-16;1-13-6-2-3-8(11)7(4-6)9(12)5-10;1-3(5)7-8-4(2)6;1-2(3)4;2-1-4-3;;;;;/h5-12,14H,13H2,1-4H3,(H2,27,28,30,31);5-12,14,21H,13H2,1-4H3,(H,27,29,30);4-9,23H,1-3H3,(H2,17,18,20,21);2-4H,5H2,1H3;1-2H3;1H3,(H,3,4);1,3H;;;;;/q;;;;;;;;3*+1;-1/p-2. The summed E-state index contributed by atoms with van der Waals surface area (Å²) in [5.41, 5.74) is 9.35. The van der Waals surface area contributed by atoms with Gasteiger partial charge in [0.2, 0.25) is 23.6 Å². The molecule has 0 saturated carbocycles. The van der Waals surface area contributed by atoms with E-state index >= 15 is 0 Å². The summed E-state index contributed by atoms with van der Waals surface area (Å²) < 4.78 is 49.5. The van der Waals surface area contributed by atoms with Crippen molar-refractivity contribution in [2.45, 2.75) is 47.6 Å². The van der Waals surface area contributed by atoms with E-state index in [-0.39, 0.29) is 219 Å². The number of ketones is 2. The van der Waals surface area contributed by atoms with Crippen LogP contribution in [0.5, 0.6) is 51.7 Å². The van der Waals surface area contributed by atoms with Gasteiger partial charge in [-0.25, -0.2) is 49.3 Å². The van der Waals surface area contributed by atoms with Crippen LogP contribution in [0, 0.1) is 20.8 Å². The first-order chi connectivity index (χ1) is 59.4. The van der Waals surface area contributed by atoms with Crippen LogP contribution in [0.4, 0.5) is 52.4 Å². The number of nitrogens with zero attached hydrogens (tertiary/aromatic N) is 13. The van der Waals surface area contributed by atoms with Crippen LogP contribution in [0.3, 0.4) is 0 Å². The van der Waals surface area contributed by atoms with Crippen LogP contribution < -0.4 is 247 Å². The van der Waals surface area contributed by atoms with Gasteiger partial charge in [0.1, 0.15) is 41.1 Å². The van der Waals surface area contributed by atoms with E-state index in [1.807, 2.05) is 138 Å². The quantitative estimate of drug-likeness (QED) is 0.0120. The molecule has 0 aliphatic carbocycles. The predicted molar refractivity (Wildman–Crippen MR) is 468 cm³/mol. The van der Waals surface area contributed by atoms with Crippen LogP contribution in [0.25, 0.3) is 17.1 Å². The second-order valence-electron chi connectivity index (χ2n) is 25.1. The van der Waals surface area contributed by atoms with Crippen molar-refractivity contribution in [1.29, 1.82) is 0 Å². The second-order valence-corrected chi connectivity index (χ2v) is 26.9. The van der Waals surface area contributed by atoms with Gasteiger partial charge in [-0.05, 0) is 119 Å². The average molecular weight is 2130 g/mol. The minimum Gasteiger partial charge on any atom is -1.00 e. The van der Waals surface area contributed by atoms with Gasteiger partial charge in [-0.2, -0.15) is 15.0 Å². The van der Waals surface area contributed by atoms with E-state index in [4.69, 9.17) is 97.6 Å². The fraction of sp³-hybridized carbons (Fsp3) is 0.232. The Morgan fingerprint density at radius 2 is 0.938 bits per heavy atom. The Balaban J connectivity index is 0.000000563. The van der Waals surface area contributed by atoms with Gasteiger partial charge in [-0.3, -0.25) is 14.4 Å². The SMILES string of the molecule is CC(=O)OOC(C)=O.CC(=O)[O-].CNc1nc(Nc2ccc(-n3cnc(C)c3)c(OC)c2)ncc1O.CNc1nc(Nc2ccc(-n3cnc(C)c3)c(OC)c2)ncc1OCC(=O)c1cc(OC)ccc1Cl.COc1ccc(Cl)c(C(=O)CBr)c1.COc1ccc(Cl)c(C2COc3cnc(Nc4ccc(-n5cnc(C)c5)c(OC)c4)nc3N2C)c1.O=CO[O-].[B].[Cs+].[Cs+].[H-].[Na+]. The molecule has 38 nitrogen and oxygen atoms in total. The Morgan fingerprint density at radius 1 is 0.555 bits per heavy atom. The van der Waals surface area contributed by atoms with Gasteiger partial charge >= 0.3 is 179 Å². The Kier molecular flexibility index (Phi) is 51.1. The number of alkyl halides is 1. The predicted octanol–water partition coefficient (Wildman–Crippen LogP) is 3.00. The van der Waals surface area contributed by atoms with Gasteiger partial charge in [-0.1, -0.05) is 50.7 Å². The van der Waals surface area contributed by atoms with Crippen LogP contribution in [-0.4, -0.2) is 190 Å². The molecule has 13 rings (SSSR count). The number of Topliss-reactive ketones (excluding diaryl/α,β-unsaturated/α-hetero) is 2. The molecule has 6 aromatic carbocycles. The van der Waals surface area contributed by atoms with Crippen molar-refractivity contribution < 1.29 is 266 Å². The van der Waals surface area contributed by atoms with Crippen molar-refractivity contribution >= 4 is 147 Å². The van der Waals surface area contributed by atoms with Gasteiger partial charge in [0.05, 0.1) is 136 Å². The third kappa shape index (κ3) is 34.6. The molecule has 12 aromatic rings. The normalized spacial score (nSPS) is 10.8. The number of fused-ring (bicyclic) bond motifs is 1. The number of likely N-dealkylation sites (N-methyl/N-ethyl adjacent to an activating group) is 1. The summed E-state index contributed by atoms with van der Waals surface area (Å²) in [6.45, 7) is 9.04. The third-order valence-electron chi connectivity index (χ3n) is 16.5. The molecule has 0 amide bonds. The summed E-state index contributed by atoms with van der Waals surface area (Å²) in [6, 6.07) is 32.4. The topological polar surface area (TPSA) is 464 Å². The number of carboxylic acid groups (broad SMARTS) is 1. The molecule has 1 unspecified atom stereocenters. The number of aryl methyl sites for hydroxylation is 3. The van der Waals surface area contributed by atoms with Crippen LogP contribution in [0.1, 0.15) is 71.6 Å². The van der Waals surface area contributed by atoms with Gasteiger partial charge in [0, 0.05) is 125 Å². The number of ether oxygens (including phenoxy) is 8. The maximum Gasteiger partial charge on any atom is 1.00 e. The van der Waals surface area contributed by atoms with Crippen molar-refractivity contribution in [1.82, 2.24) is 58.6 Å². The van der Waals surface area contributed by atoms with Crippen molar-refractivity contribution in [3.05, 3.63) is 214 Å². The molecule has 0 fully saturated rings. The summed E-state index contributed by atoms with van der Waals surface area (Å²) in [6.07, 6.45) is 15.5. The van der Waals surface area contributed by atoms with Gasteiger partial charge in [0.25, 0.3) is 6.47 Å². The van der Waals surface area contributed by atoms with Crippen LogP contribution >= 0.6 is 50.7 Å². The van der Waals surface area contributed by atoms with E-state index in [9.17, 15) is 24.3 Å². The first-order valence-electron chi connectivity index (χ1n) is 36.4. The van der Waals surface area contributed by atoms with Crippen molar-refractivity contribution in [2.75, 3.05) is 114 Å². The molecule has 6 aromatic heterocycles. The van der Waals surface area contributed by atoms with E-state index < -0.39 is 17.9 Å². The maximum atomic E-state index is 12.7. The fourth-order valence-corrected chi connectivity index (χ4v) is 11.8. The third-order valence-corrected chi connectivity index (χ3v) is 18.0. The zero-order valence-electron chi connectivity index (χ0n) is 74.0. The van der Waals surface area contributed by atoms with Crippen molar-refractivity contribution in [3.8, 4) is 68.8 Å². The molecule has 46 heteroatoms. The Bertz CT molecular complexity index is 5650. The number of carboxylic acids is 1. The first-order valence-corrected chi connectivity index (χ1v) is 38.6. The van der Waals surface area contributed by atoms with Crippen LogP contribution in [0.15, 0.2) is 165 Å². The van der Waals surface area contributed by atoms with Gasteiger partial charge < -0.3 is 110 Å². The van der Waals surface area contributed by atoms with Crippen LogP contribution in [0.2, 0.25) is 15.1 Å². The molecular formula is C82H87BBrCl3Cs2N18NaO20. The van der Waals surface area contributed by atoms with Gasteiger partial charge in [0.15, 0.2) is 47.1 Å². The summed E-state index contributed by atoms with van der Waals surface area (Å²) in [5.74, 6) is 4.69. The number of carbonyl (C=O) groups excluding carboxylic acids is 6. The first kappa shape index (κ1) is 113. The number of hydrogen-bond acceptors (Lipinski definition) is 35. The Labute approximate surface area is 903 Å². The van der Waals surface area contributed by atoms with Gasteiger partial charge in [-0.15, -0.1) is 0 Å². The zero-order chi connectivity index (χ0) is 90.7. The molecule has 659 valence electrons. The number of aliphatic carboxylic acids is 1. The summed E-state index contributed by atoms with van der Waals surface area (Å²) in [7, 11) is 14.9. The fourth-order valence-electron chi connectivity index (χ4n) is 10.8. The van der Waals surface area contributed by atoms with Crippen molar-refractivity contribution in [3.63, 3.8) is 0 Å². The summed E-state index contributed by atoms with van der Waals surface area (Å²) >= 11 is 21.6. The number of rotatable bonds is 25. The summed E-state index contributed by atoms with van der Waals surface area (Å²) in [4.78, 5) is 112. The zero-order valence-corrected chi connectivity index (χ0v) is 91.4. The molecule has 0 spiro atoms. The minimum absolute atomic E-state index is 0. The largest absolute Gasteiger partial charge is 1.00 e. The maximum absolute atomic E-state index is 12.7. The van der Waals surface area contributed by atoms with E-state index in [1.54, 1.807) is 111 Å². The number of hydrogen-bond donors (Lipinski definition) is 6.